The molecule has 1 fully saturated rings. The lowest BCUT2D eigenvalue weighted by molar-refractivity contribution is -0.137. The second kappa shape index (κ2) is 12.8. The van der Waals surface area contributed by atoms with Crippen LogP contribution in [0.15, 0.2) is 12.2 Å². The van der Waals surface area contributed by atoms with Gasteiger partial charge in [-0.15, -0.1) is 0 Å². The summed E-state index contributed by atoms with van der Waals surface area (Å²) in [7, 11) is 0. The highest BCUT2D eigenvalue weighted by atomic mass is 16.4. The topological polar surface area (TPSA) is 71.4 Å². The van der Waals surface area contributed by atoms with Crippen LogP contribution in [0.3, 0.4) is 0 Å². The van der Waals surface area contributed by atoms with Crippen LogP contribution in [0, 0.1) is 17.8 Å². The molecule has 4 heteroatoms. The van der Waals surface area contributed by atoms with Gasteiger partial charge in [-0.2, -0.15) is 0 Å². The van der Waals surface area contributed by atoms with Gasteiger partial charge in [0.2, 0.25) is 0 Å². The van der Waals surface area contributed by atoms with Gasteiger partial charge < -0.3 is 5.11 Å². The first-order valence-electron chi connectivity index (χ1n) is 10.5. The molecular weight excluding hydrogens is 328 g/mol. The lowest BCUT2D eigenvalue weighted by Gasteiger charge is -2.15. The summed E-state index contributed by atoms with van der Waals surface area (Å²) in [5.41, 5.74) is 0. The van der Waals surface area contributed by atoms with Gasteiger partial charge in [0.05, 0.1) is 0 Å². The van der Waals surface area contributed by atoms with E-state index in [4.69, 9.17) is 5.11 Å². The molecule has 0 aromatic carbocycles. The molecule has 0 aromatic heterocycles. The SMILES string of the molecule is CCCCC(CC)C(=O)C=CC1CCC(=O)C1CCCCCCC(=O)O. The van der Waals surface area contributed by atoms with E-state index in [-0.39, 0.29) is 30.0 Å². The van der Waals surface area contributed by atoms with Crippen LogP contribution in [0.1, 0.15) is 90.9 Å². The van der Waals surface area contributed by atoms with E-state index in [2.05, 4.69) is 13.8 Å². The lowest BCUT2D eigenvalue weighted by Crippen LogP contribution is -2.15. The Morgan fingerprint density at radius 3 is 2.54 bits per heavy atom. The number of hydrogen-bond donors (Lipinski definition) is 1. The van der Waals surface area contributed by atoms with Crippen LogP contribution in [0.25, 0.3) is 0 Å². The number of carboxylic acids is 1. The van der Waals surface area contributed by atoms with Crippen LogP contribution >= 0.6 is 0 Å². The standard InChI is InChI=1S/C22H36O4/c1-3-5-10-17(4-2)20(23)15-13-18-14-16-21(24)19(18)11-8-6-7-9-12-22(25)26/h13,15,17-19H,3-12,14,16H2,1-2H3,(H,25,26). The van der Waals surface area contributed by atoms with E-state index in [0.29, 0.717) is 18.6 Å². The smallest absolute Gasteiger partial charge is 0.303 e. The number of unbranched alkanes of at least 4 members (excludes halogenated alkanes) is 4. The third kappa shape index (κ3) is 8.29. The minimum Gasteiger partial charge on any atom is -0.481 e. The molecule has 0 aliphatic heterocycles. The Labute approximate surface area is 158 Å². The fraction of sp³-hybridized carbons (Fsp3) is 0.773. The fourth-order valence-corrected chi connectivity index (χ4v) is 3.89. The highest BCUT2D eigenvalue weighted by molar-refractivity contribution is 5.92. The second-order valence-corrected chi connectivity index (χ2v) is 7.63. The van der Waals surface area contributed by atoms with Crippen LogP contribution < -0.4 is 0 Å². The van der Waals surface area contributed by atoms with Gasteiger partial charge in [-0.25, -0.2) is 0 Å². The first-order valence-corrected chi connectivity index (χ1v) is 10.5. The van der Waals surface area contributed by atoms with Crippen molar-refractivity contribution in [2.75, 3.05) is 0 Å². The molecule has 1 aliphatic carbocycles. The summed E-state index contributed by atoms with van der Waals surface area (Å²) in [4.78, 5) is 35.1. The van der Waals surface area contributed by atoms with Crippen molar-refractivity contribution in [2.45, 2.75) is 90.9 Å². The van der Waals surface area contributed by atoms with E-state index in [1.54, 1.807) is 6.08 Å². The van der Waals surface area contributed by atoms with E-state index < -0.39 is 5.97 Å². The number of hydrogen-bond acceptors (Lipinski definition) is 3. The van der Waals surface area contributed by atoms with Crippen LogP contribution in [0.2, 0.25) is 0 Å². The van der Waals surface area contributed by atoms with Gasteiger partial charge in [0, 0.05) is 24.7 Å². The Bertz CT molecular complexity index is 481. The molecule has 0 spiro atoms. The van der Waals surface area contributed by atoms with Gasteiger partial charge >= 0.3 is 5.97 Å². The van der Waals surface area contributed by atoms with Crippen LogP contribution in [0.5, 0.6) is 0 Å². The van der Waals surface area contributed by atoms with Gasteiger partial charge in [-0.05, 0) is 44.1 Å². The van der Waals surface area contributed by atoms with Crippen molar-refractivity contribution in [3.05, 3.63) is 12.2 Å². The van der Waals surface area contributed by atoms with Gasteiger partial charge in [-0.3, -0.25) is 14.4 Å². The Morgan fingerprint density at radius 1 is 1.15 bits per heavy atom. The van der Waals surface area contributed by atoms with Crippen molar-refractivity contribution in [3.8, 4) is 0 Å². The number of carboxylic acid groups (broad SMARTS) is 1. The molecule has 3 unspecified atom stereocenters. The summed E-state index contributed by atoms with van der Waals surface area (Å²) < 4.78 is 0. The summed E-state index contributed by atoms with van der Waals surface area (Å²) >= 11 is 0. The molecule has 1 aliphatic rings. The zero-order chi connectivity index (χ0) is 19.4. The number of ketones is 2. The monoisotopic (exact) mass is 364 g/mol. The zero-order valence-corrected chi connectivity index (χ0v) is 16.5. The molecular formula is C22H36O4. The normalized spacial score (nSPS) is 21.4. The maximum atomic E-state index is 12.4. The summed E-state index contributed by atoms with van der Waals surface area (Å²) in [5.74, 6) is 0.179. The third-order valence-electron chi connectivity index (χ3n) is 5.62. The Hall–Kier alpha value is -1.45. The van der Waals surface area contributed by atoms with Gasteiger partial charge in [0.25, 0.3) is 0 Å². The average Bonchev–Trinajstić information content (AvgIpc) is 2.96. The third-order valence-corrected chi connectivity index (χ3v) is 5.62. The minimum absolute atomic E-state index is 0.0502. The van der Waals surface area contributed by atoms with Gasteiger partial charge in [0.15, 0.2) is 5.78 Å². The molecule has 1 saturated carbocycles. The summed E-state index contributed by atoms with van der Waals surface area (Å²) in [6, 6.07) is 0. The second-order valence-electron chi connectivity index (χ2n) is 7.63. The van der Waals surface area contributed by atoms with Crippen molar-refractivity contribution >= 4 is 17.5 Å². The predicted octanol–water partition coefficient (Wildman–Crippen LogP) is 5.35. The first-order chi connectivity index (χ1) is 12.5. The van der Waals surface area contributed by atoms with E-state index in [0.717, 1.165) is 57.8 Å². The number of rotatable bonds is 14. The van der Waals surface area contributed by atoms with E-state index in [1.165, 1.54) is 0 Å². The number of carbonyl (C=O) groups is 3. The average molecular weight is 365 g/mol. The molecule has 1 rings (SSSR count). The highest BCUT2D eigenvalue weighted by Crippen LogP contribution is 2.34. The Kier molecular flexibility index (Phi) is 11.1. The van der Waals surface area contributed by atoms with Crippen molar-refractivity contribution in [1.82, 2.24) is 0 Å². The summed E-state index contributed by atoms with van der Waals surface area (Å²) in [6.07, 6.45) is 13.9. The van der Waals surface area contributed by atoms with Crippen LogP contribution in [-0.2, 0) is 14.4 Å². The molecule has 3 atom stereocenters. The van der Waals surface area contributed by atoms with E-state index >= 15 is 0 Å². The number of allylic oxidation sites excluding steroid dienone is 2. The molecule has 26 heavy (non-hydrogen) atoms. The maximum absolute atomic E-state index is 12.4. The minimum atomic E-state index is -0.741. The molecule has 1 N–H and O–H groups in total. The van der Waals surface area contributed by atoms with Gasteiger partial charge in [0.1, 0.15) is 5.78 Å². The van der Waals surface area contributed by atoms with Crippen molar-refractivity contribution in [2.24, 2.45) is 17.8 Å². The van der Waals surface area contributed by atoms with Gasteiger partial charge in [-0.1, -0.05) is 52.0 Å². The molecule has 0 amide bonds. The van der Waals surface area contributed by atoms with Crippen LogP contribution in [-0.4, -0.2) is 22.6 Å². The zero-order valence-electron chi connectivity index (χ0n) is 16.5. The number of carbonyl (C=O) groups excluding carboxylic acids is 2. The molecule has 0 heterocycles. The predicted molar refractivity (Wildman–Crippen MR) is 104 cm³/mol. The lowest BCUT2D eigenvalue weighted by atomic mass is 9.88. The van der Waals surface area contributed by atoms with E-state index in [9.17, 15) is 14.4 Å². The quantitative estimate of drug-likeness (QED) is 0.333. The number of Topliss-reactive ketones (excluding diaryl/α,β-unsaturated/α-hetero) is 1. The summed E-state index contributed by atoms with van der Waals surface area (Å²) in [6.45, 7) is 4.21. The highest BCUT2D eigenvalue weighted by Gasteiger charge is 2.32. The first kappa shape index (κ1) is 22.6. The maximum Gasteiger partial charge on any atom is 0.303 e. The van der Waals surface area contributed by atoms with Crippen LogP contribution in [0.4, 0.5) is 0 Å². The molecule has 4 nitrogen and oxygen atoms in total. The summed E-state index contributed by atoms with van der Waals surface area (Å²) in [5, 5.41) is 8.64. The molecule has 0 radical (unpaired) electrons. The number of aliphatic carboxylic acids is 1. The Morgan fingerprint density at radius 2 is 1.88 bits per heavy atom. The van der Waals surface area contributed by atoms with E-state index in [1.807, 2.05) is 6.08 Å². The van der Waals surface area contributed by atoms with Crippen molar-refractivity contribution in [1.29, 1.82) is 0 Å². The molecule has 148 valence electrons. The molecule has 0 saturated heterocycles. The Balaban J connectivity index is 2.42. The fourth-order valence-electron chi connectivity index (χ4n) is 3.89. The van der Waals surface area contributed by atoms with Crippen molar-refractivity contribution < 1.29 is 19.5 Å². The van der Waals surface area contributed by atoms with Crippen molar-refractivity contribution in [3.63, 3.8) is 0 Å². The molecule has 0 aromatic rings. The largest absolute Gasteiger partial charge is 0.481 e. The molecule has 0 bridgehead atoms.